The van der Waals surface area contributed by atoms with Crippen molar-refractivity contribution in [3.05, 3.63) is 0 Å². The quantitative estimate of drug-likeness (QED) is 0.545. The Hall–Kier alpha value is -0.570. The molecule has 0 unspecified atom stereocenters. The van der Waals surface area contributed by atoms with Crippen LogP contribution in [0.4, 0.5) is 0 Å². The molecule has 2 fully saturated rings. The average molecular weight is 128 g/mol. The molecule has 1 N–H and O–H groups in total. The normalized spacial score (nSPS) is 46.4. The molecule has 3 nitrogen and oxygen atoms in total. The molecule has 3 atom stereocenters. The molecule has 2 aliphatic rings. The predicted molar refractivity (Wildman–Crippen MR) is 29.0 cm³/mol. The fraction of sp³-hybridized carbons (Fsp3) is 0.833. The minimum Gasteiger partial charge on any atom is -0.481 e. The van der Waals surface area contributed by atoms with Crippen molar-refractivity contribution in [2.45, 2.75) is 12.5 Å². The number of ether oxygens (including phenoxy) is 1. The zero-order chi connectivity index (χ0) is 6.43. The topological polar surface area (TPSA) is 46.5 Å². The summed E-state index contributed by atoms with van der Waals surface area (Å²) in [6, 6.07) is 0. The smallest absolute Gasteiger partial charge is 0.309 e. The molecular formula is C6H8O3. The van der Waals surface area contributed by atoms with E-state index in [2.05, 4.69) is 0 Å². The zero-order valence-corrected chi connectivity index (χ0v) is 4.91. The van der Waals surface area contributed by atoms with Gasteiger partial charge in [-0.3, -0.25) is 4.79 Å². The lowest BCUT2D eigenvalue weighted by atomic mass is 10.2. The van der Waals surface area contributed by atoms with Crippen LogP contribution in [0.15, 0.2) is 0 Å². The number of hydrogen-bond acceptors (Lipinski definition) is 2. The molecule has 1 saturated carbocycles. The molecule has 2 rings (SSSR count). The van der Waals surface area contributed by atoms with Crippen molar-refractivity contribution in [1.29, 1.82) is 0 Å². The Balaban J connectivity index is 2.02. The van der Waals surface area contributed by atoms with Gasteiger partial charge in [0.05, 0.1) is 12.0 Å². The first kappa shape index (κ1) is 5.23. The van der Waals surface area contributed by atoms with Crippen LogP contribution in [0.5, 0.6) is 0 Å². The van der Waals surface area contributed by atoms with Gasteiger partial charge in [0.15, 0.2) is 0 Å². The molecule has 0 spiro atoms. The summed E-state index contributed by atoms with van der Waals surface area (Å²) in [6.07, 6.45) is 1.02. The Bertz CT molecular complexity index is 144. The molecule has 1 saturated heterocycles. The lowest BCUT2D eigenvalue weighted by molar-refractivity contribution is -0.140. The molecule has 1 heterocycles. The van der Waals surface area contributed by atoms with E-state index in [9.17, 15) is 4.79 Å². The molecule has 50 valence electrons. The van der Waals surface area contributed by atoms with Crippen molar-refractivity contribution in [1.82, 2.24) is 0 Å². The van der Waals surface area contributed by atoms with Crippen LogP contribution in [0.2, 0.25) is 0 Å². The maximum atomic E-state index is 10.3. The van der Waals surface area contributed by atoms with Crippen LogP contribution in [0.25, 0.3) is 0 Å². The Morgan fingerprint density at radius 3 is 2.78 bits per heavy atom. The Labute approximate surface area is 52.6 Å². The summed E-state index contributed by atoms with van der Waals surface area (Å²) in [5.74, 6) is -0.508. The van der Waals surface area contributed by atoms with Gasteiger partial charge in [-0.25, -0.2) is 0 Å². The molecule has 0 radical (unpaired) electrons. The van der Waals surface area contributed by atoms with Gasteiger partial charge in [-0.1, -0.05) is 0 Å². The van der Waals surface area contributed by atoms with Crippen LogP contribution in [-0.4, -0.2) is 23.8 Å². The summed E-state index contributed by atoms with van der Waals surface area (Å²) in [6.45, 7) is 0.763. The summed E-state index contributed by atoms with van der Waals surface area (Å²) in [7, 11) is 0. The molecule has 0 bridgehead atoms. The zero-order valence-electron chi connectivity index (χ0n) is 4.91. The summed E-state index contributed by atoms with van der Waals surface area (Å²) in [4.78, 5) is 10.3. The number of carboxylic acids is 1. The van der Waals surface area contributed by atoms with Crippen molar-refractivity contribution in [3.63, 3.8) is 0 Å². The highest BCUT2D eigenvalue weighted by molar-refractivity contribution is 5.75. The van der Waals surface area contributed by atoms with E-state index >= 15 is 0 Å². The Morgan fingerprint density at radius 1 is 1.67 bits per heavy atom. The SMILES string of the molecule is O=C(O)[C@H]1[C@H]2CCO[C@@H]21. The molecule has 1 aliphatic carbocycles. The fourth-order valence-corrected chi connectivity index (χ4v) is 1.58. The van der Waals surface area contributed by atoms with E-state index in [0.29, 0.717) is 5.92 Å². The van der Waals surface area contributed by atoms with Crippen molar-refractivity contribution < 1.29 is 14.6 Å². The van der Waals surface area contributed by atoms with Gasteiger partial charge < -0.3 is 9.84 Å². The minimum absolute atomic E-state index is 0.0718. The van der Waals surface area contributed by atoms with Gasteiger partial charge >= 0.3 is 5.97 Å². The standard InChI is InChI=1S/C6H8O3/c7-6(8)4-3-1-2-9-5(3)4/h3-5H,1-2H2,(H,7,8)/t3-,4+,5+/m1/s1. The van der Waals surface area contributed by atoms with E-state index in [1.807, 2.05) is 0 Å². The Morgan fingerprint density at radius 2 is 2.44 bits per heavy atom. The predicted octanol–water partition coefficient (Wildman–Crippen LogP) is 0.106. The van der Waals surface area contributed by atoms with Gasteiger partial charge in [-0.05, 0) is 6.42 Å². The van der Waals surface area contributed by atoms with E-state index in [1.54, 1.807) is 0 Å². The van der Waals surface area contributed by atoms with Crippen LogP contribution in [0.1, 0.15) is 6.42 Å². The number of fused-ring (bicyclic) bond motifs is 1. The number of hydrogen-bond donors (Lipinski definition) is 1. The number of rotatable bonds is 1. The van der Waals surface area contributed by atoms with E-state index < -0.39 is 5.97 Å². The molecule has 9 heavy (non-hydrogen) atoms. The third-order valence-electron chi connectivity index (χ3n) is 2.14. The first-order chi connectivity index (χ1) is 4.30. The van der Waals surface area contributed by atoms with Crippen molar-refractivity contribution in [2.24, 2.45) is 11.8 Å². The van der Waals surface area contributed by atoms with E-state index in [4.69, 9.17) is 9.84 Å². The first-order valence-corrected chi connectivity index (χ1v) is 3.15. The highest BCUT2D eigenvalue weighted by atomic mass is 16.5. The highest BCUT2D eigenvalue weighted by Crippen LogP contribution is 2.48. The molecule has 0 amide bonds. The second-order valence-electron chi connectivity index (χ2n) is 2.65. The van der Waals surface area contributed by atoms with Gasteiger partial charge in [0.2, 0.25) is 0 Å². The summed E-state index contributed by atoms with van der Waals surface area (Å²) < 4.78 is 5.12. The van der Waals surface area contributed by atoms with Crippen LogP contribution in [0, 0.1) is 11.8 Å². The maximum absolute atomic E-state index is 10.3. The monoisotopic (exact) mass is 128 g/mol. The van der Waals surface area contributed by atoms with E-state index in [-0.39, 0.29) is 12.0 Å². The third kappa shape index (κ3) is 0.580. The third-order valence-corrected chi connectivity index (χ3v) is 2.14. The first-order valence-electron chi connectivity index (χ1n) is 3.15. The lowest BCUT2D eigenvalue weighted by Crippen LogP contribution is -2.07. The van der Waals surface area contributed by atoms with Gasteiger partial charge in [-0.2, -0.15) is 0 Å². The second kappa shape index (κ2) is 1.48. The van der Waals surface area contributed by atoms with Crippen LogP contribution in [-0.2, 0) is 9.53 Å². The number of carbonyl (C=O) groups is 1. The average Bonchev–Trinajstić information content (AvgIpc) is 2.30. The number of aliphatic carboxylic acids is 1. The van der Waals surface area contributed by atoms with E-state index in [0.717, 1.165) is 13.0 Å². The van der Waals surface area contributed by atoms with Crippen LogP contribution >= 0.6 is 0 Å². The van der Waals surface area contributed by atoms with Gasteiger partial charge in [0.25, 0.3) is 0 Å². The van der Waals surface area contributed by atoms with Gasteiger partial charge in [0.1, 0.15) is 0 Å². The minimum atomic E-state index is -0.690. The maximum Gasteiger partial charge on any atom is 0.309 e. The molecule has 3 heteroatoms. The van der Waals surface area contributed by atoms with Crippen LogP contribution < -0.4 is 0 Å². The molecule has 1 aliphatic heterocycles. The molecule has 0 aromatic rings. The van der Waals surface area contributed by atoms with E-state index in [1.165, 1.54) is 0 Å². The van der Waals surface area contributed by atoms with Crippen molar-refractivity contribution >= 4 is 5.97 Å². The second-order valence-corrected chi connectivity index (χ2v) is 2.65. The molecular weight excluding hydrogens is 120 g/mol. The molecule has 0 aromatic heterocycles. The molecule has 0 aromatic carbocycles. The highest BCUT2D eigenvalue weighted by Gasteiger charge is 2.58. The summed E-state index contributed by atoms with van der Waals surface area (Å²) in [5, 5.41) is 8.48. The van der Waals surface area contributed by atoms with Crippen molar-refractivity contribution in [2.75, 3.05) is 6.61 Å². The van der Waals surface area contributed by atoms with Crippen LogP contribution in [0.3, 0.4) is 0 Å². The Kier molecular flexibility index (Phi) is 0.858. The van der Waals surface area contributed by atoms with Crippen molar-refractivity contribution in [3.8, 4) is 0 Å². The fourth-order valence-electron chi connectivity index (χ4n) is 1.58. The number of carboxylic acid groups (broad SMARTS) is 1. The summed E-state index contributed by atoms with van der Waals surface area (Å²) >= 11 is 0. The van der Waals surface area contributed by atoms with Gasteiger partial charge in [0, 0.05) is 12.5 Å². The van der Waals surface area contributed by atoms with Gasteiger partial charge in [-0.15, -0.1) is 0 Å². The summed E-state index contributed by atoms with van der Waals surface area (Å²) in [5.41, 5.74) is 0. The lowest BCUT2D eigenvalue weighted by Gasteiger charge is -1.95. The largest absolute Gasteiger partial charge is 0.481 e.